The molecular weight excluding hydrogens is 63.0 g/mol. The van der Waals surface area contributed by atoms with Gasteiger partial charge >= 0.3 is 0 Å². The van der Waals surface area contributed by atoms with Crippen LogP contribution in [0.5, 0.6) is 0 Å². The van der Waals surface area contributed by atoms with Crippen molar-refractivity contribution in [1.29, 1.82) is 0 Å². The second-order valence-electron chi connectivity index (χ2n) is 0.707. The van der Waals surface area contributed by atoms with Gasteiger partial charge in [-0.1, -0.05) is 20.3 Å². The van der Waals surface area contributed by atoms with E-state index in [1.54, 1.807) is 0 Å². The molecule has 0 aromatic rings. The van der Waals surface area contributed by atoms with E-state index >= 15 is 0 Å². The van der Waals surface area contributed by atoms with Crippen molar-refractivity contribution in [2.24, 2.45) is 0 Å². The molecule has 0 spiro atoms. The Morgan fingerprint density at radius 2 is 1.50 bits per heavy atom. The maximum absolute atomic E-state index is 2.12. The average molecular weight is 78.1 g/mol. The highest BCUT2D eigenvalue weighted by Crippen LogP contribution is 1.56. The quantitative estimate of drug-likeness (QED) is 0.374. The number of hydrogen-bond acceptors (Lipinski definition) is 0. The molecule has 0 atom stereocenters. The van der Waals surface area contributed by atoms with Gasteiger partial charge in [-0.25, -0.2) is 0 Å². The predicted octanol–water partition coefficient (Wildman–Crippen LogP) is 0.724. The van der Waals surface area contributed by atoms with Crippen molar-refractivity contribution < 1.29 is 2.85 Å². The zero-order valence-corrected chi connectivity index (χ0v) is 2.71. The number of hydrogen-bond donors (Lipinski definition) is 0. The smallest absolute Gasteiger partial charge is 0.0656 e. The minimum Gasteiger partial charge on any atom is -0.0656 e. The Hall–Kier alpha value is 0.532. The van der Waals surface area contributed by atoms with Crippen molar-refractivity contribution in [3.8, 4) is 0 Å². The molecular formula is C3H15Al. The van der Waals surface area contributed by atoms with Crippen LogP contribution in [0.4, 0.5) is 0 Å². The van der Waals surface area contributed by atoms with Crippen LogP contribution < -0.4 is 0 Å². The first-order valence-corrected chi connectivity index (χ1v) is 1.41. The molecule has 0 saturated heterocycles. The predicted molar refractivity (Wildman–Crippen MR) is 30.1 cm³/mol. The van der Waals surface area contributed by atoms with Crippen LogP contribution in [0.1, 0.15) is 23.1 Å². The monoisotopic (exact) mass is 78.1 g/mol. The Kier molecular flexibility index (Phi) is 21.3. The van der Waals surface area contributed by atoms with Gasteiger partial charge in [-0.05, 0) is 0 Å². The summed E-state index contributed by atoms with van der Waals surface area (Å²) >= 11 is 0. The van der Waals surface area contributed by atoms with Gasteiger partial charge in [-0.3, -0.25) is 0 Å². The second kappa shape index (κ2) is 9.65. The topological polar surface area (TPSA) is 0 Å². The summed E-state index contributed by atoms with van der Waals surface area (Å²) in [6.07, 6.45) is 1.25. The van der Waals surface area contributed by atoms with Crippen LogP contribution in [0.25, 0.3) is 0 Å². The van der Waals surface area contributed by atoms with E-state index < -0.39 is 0 Å². The fraction of sp³-hybridized carbons (Fsp3) is 1.00. The van der Waals surface area contributed by atoms with Gasteiger partial charge in [0.05, 0.1) is 0 Å². The minimum atomic E-state index is 0. The normalized spacial score (nSPS) is 4.50. The maximum Gasteiger partial charge on any atom is 0.187 e. The molecule has 30 valence electrons. The summed E-state index contributed by atoms with van der Waals surface area (Å²) in [5.74, 6) is 0. The van der Waals surface area contributed by atoms with Crippen molar-refractivity contribution in [1.82, 2.24) is 0 Å². The molecule has 0 rings (SSSR count). The molecule has 0 aliphatic rings. The number of rotatable bonds is 0. The minimum absolute atomic E-state index is 0. The Labute approximate surface area is 41.3 Å². The zero-order chi connectivity index (χ0) is 2.71. The zero-order valence-electron chi connectivity index (χ0n) is 2.71. The van der Waals surface area contributed by atoms with E-state index in [9.17, 15) is 0 Å². The molecule has 0 aromatic heterocycles. The molecule has 0 N–H and O–H groups in total. The van der Waals surface area contributed by atoms with Crippen molar-refractivity contribution >= 4 is 17.4 Å². The van der Waals surface area contributed by atoms with Crippen molar-refractivity contribution in [3.05, 3.63) is 0 Å². The average Bonchev–Trinajstić information content (AvgIpc) is 0.918. The Bertz CT molecular complexity index is 8.75. The van der Waals surface area contributed by atoms with Crippen LogP contribution in [0.15, 0.2) is 0 Å². The van der Waals surface area contributed by atoms with Gasteiger partial charge in [0.15, 0.2) is 17.4 Å². The van der Waals surface area contributed by atoms with E-state index in [0.717, 1.165) is 0 Å². The molecule has 0 aliphatic carbocycles. The molecule has 0 aliphatic heterocycles. The summed E-state index contributed by atoms with van der Waals surface area (Å²) in [7, 11) is 0. The Morgan fingerprint density at radius 1 is 1.50 bits per heavy atom. The maximum atomic E-state index is 2.12. The molecule has 0 nitrogen and oxygen atoms in total. The fourth-order valence-electron chi connectivity index (χ4n) is 0. The van der Waals surface area contributed by atoms with E-state index in [0.29, 0.717) is 0 Å². The summed E-state index contributed by atoms with van der Waals surface area (Å²) < 4.78 is 0. The first kappa shape index (κ1) is 8.82. The summed E-state index contributed by atoms with van der Waals surface area (Å²) in [6.45, 7) is 4.25. The molecule has 0 unspecified atom stereocenters. The molecule has 0 amide bonds. The second-order valence-corrected chi connectivity index (χ2v) is 0.707. The molecule has 0 saturated carbocycles. The highest BCUT2D eigenvalue weighted by molar-refractivity contribution is 5.75. The molecule has 1 heteroatoms. The first-order valence-electron chi connectivity index (χ1n) is 1.41. The van der Waals surface area contributed by atoms with Gasteiger partial charge in [0.25, 0.3) is 0 Å². The summed E-state index contributed by atoms with van der Waals surface area (Å²) in [6, 6.07) is 0. The molecule has 0 bridgehead atoms. The van der Waals surface area contributed by atoms with E-state index in [1.165, 1.54) is 6.42 Å². The highest BCUT2D eigenvalue weighted by Gasteiger charge is 1.35. The van der Waals surface area contributed by atoms with E-state index in [2.05, 4.69) is 13.8 Å². The van der Waals surface area contributed by atoms with Crippen LogP contribution >= 0.6 is 0 Å². The lowest BCUT2D eigenvalue weighted by atomic mass is 10.6. The standard InChI is InChI=1S/C3H8.Al.2H2.3H/c1-3-2;;;;;;/h3H2,1-2H3;;2*1H;;;. The summed E-state index contributed by atoms with van der Waals surface area (Å²) in [5, 5.41) is 0. The van der Waals surface area contributed by atoms with Crippen LogP contribution in [0.2, 0.25) is 0 Å². The molecule has 0 heterocycles. The third-order valence-electron chi connectivity index (χ3n) is 0. The SMILES string of the molecule is CCC.[AlH3].[HH].[HH]. The van der Waals surface area contributed by atoms with E-state index in [1.807, 2.05) is 0 Å². The van der Waals surface area contributed by atoms with Crippen LogP contribution in [-0.2, 0) is 0 Å². The summed E-state index contributed by atoms with van der Waals surface area (Å²) in [4.78, 5) is 0. The van der Waals surface area contributed by atoms with Gasteiger partial charge in [0.2, 0.25) is 0 Å². The largest absolute Gasteiger partial charge is 0.187 e. The fourth-order valence-corrected chi connectivity index (χ4v) is 0. The molecule has 0 aromatic carbocycles. The van der Waals surface area contributed by atoms with Gasteiger partial charge in [0, 0.05) is 2.85 Å². The highest BCUT2D eigenvalue weighted by atomic mass is 27.0. The summed E-state index contributed by atoms with van der Waals surface area (Å²) in [5.41, 5.74) is 0. The van der Waals surface area contributed by atoms with E-state index in [4.69, 9.17) is 0 Å². The van der Waals surface area contributed by atoms with Crippen LogP contribution in [-0.4, -0.2) is 17.4 Å². The first-order chi connectivity index (χ1) is 1.41. The Balaban J connectivity index is -0.00000000667. The lowest BCUT2D eigenvalue weighted by molar-refractivity contribution is 1.09. The van der Waals surface area contributed by atoms with Gasteiger partial charge in [0.1, 0.15) is 0 Å². The third-order valence-corrected chi connectivity index (χ3v) is 0. The Morgan fingerprint density at radius 3 is 1.50 bits per heavy atom. The third kappa shape index (κ3) is 21.0. The lowest BCUT2D eigenvalue weighted by Crippen LogP contribution is -1.27. The van der Waals surface area contributed by atoms with E-state index in [-0.39, 0.29) is 20.2 Å². The lowest BCUT2D eigenvalue weighted by Gasteiger charge is -1.48. The van der Waals surface area contributed by atoms with Crippen molar-refractivity contribution in [3.63, 3.8) is 0 Å². The van der Waals surface area contributed by atoms with Gasteiger partial charge in [-0.2, -0.15) is 0 Å². The van der Waals surface area contributed by atoms with Crippen molar-refractivity contribution in [2.75, 3.05) is 0 Å². The van der Waals surface area contributed by atoms with Crippen LogP contribution in [0.3, 0.4) is 0 Å². The van der Waals surface area contributed by atoms with Crippen molar-refractivity contribution in [2.45, 2.75) is 20.3 Å². The molecule has 4 heavy (non-hydrogen) atoms. The van der Waals surface area contributed by atoms with Gasteiger partial charge < -0.3 is 0 Å². The molecule has 0 radical (unpaired) electrons. The van der Waals surface area contributed by atoms with Crippen LogP contribution in [0, 0.1) is 0 Å². The van der Waals surface area contributed by atoms with Gasteiger partial charge in [-0.15, -0.1) is 0 Å². The molecule has 0 fully saturated rings.